The summed E-state index contributed by atoms with van der Waals surface area (Å²) in [7, 11) is 0. The average Bonchev–Trinajstić information content (AvgIpc) is 2.41. The van der Waals surface area contributed by atoms with E-state index in [0.29, 0.717) is 5.82 Å². The summed E-state index contributed by atoms with van der Waals surface area (Å²) in [5, 5.41) is 3.38. The molecule has 0 aliphatic rings. The SMILES string of the molecule is CCNC(Cc1ccnc(N)c1)c1cc(F)ccc1Br. The van der Waals surface area contributed by atoms with Gasteiger partial charge < -0.3 is 11.1 Å². The molecule has 0 fully saturated rings. The molecule has 1 unspecified atom stereocenters. The molecule has 2 aromatic rings. The summed E-state index contributed by atoms with van der Waals surface area (Å²) in [6, 6.07) is 8.52. The second-order valence-corrected chi connectivity index (χ2v) is 5.42. The number of nitrogens with two attached hydrogens (primary N) is 1. The first-order chi connectivity index (χ1) is 9.60. The number of nitrogens with zero attached hydrogens (tertiary/aromatic N) is 1. The summed E-state index contributed by atoms with van der Waals surface area (Å²) in [4.78, 5) is 3.99. The smallest absolute Gasteiger partial charge is 0.123 e. The van der Waals surface area contributed by atoms with Gasteiger partial charge in [0, 0.05) is 16.7 Å². The zero-order valence-electron chi connectivity index (χ0n) is 11.2. The Kier molecular flexibility index (Phi) is 5.09. The fourth-order valence-electron chi connectivity index (χ4n) is 2.18. The number of aromatic nitrogens is 1. The predicted molar refractivity (Wildman–Crippen MR) is 82.9 cm³/mol. The van der Waals surface area contributed by atoms with E-state index in [4.69, 9.17) is 5.73 Å². The summed E-state index contributed by atoms with van der Waals surface area (Å²) >= 11 is 3.49. The van der Waals surface area contributed by atoms with E-state index >= 15 is 0 Å². The Bertz CT molecular complexity index is 589. The molecule has 5 heteroatoms. The van der Waals surface area contributed by atoms with Crippen LogP contribution in [0.2, 0.25) is 0 Å². The number of likely N-dealkylation sites (N-methyl/N-ethyl adjacent to an activating group) is 1. The van der Waals surface area contributed by atoms with Crippen molar-refractivity contribution in [3.05, 3.63) is 57.9 Å². The van der Waals surface area contributed by atoms with E-state index in [1.807, 2.05) is 19.1 Å². The third-order valence-electron chi connectivity index (χ3n) is 3.07. The van der Waals surface area contributed by atoms with Gasteiger partial charge in [0.05, 0.1) is 0 Å². The number of anilines is 1. The van der Waals surface area contributed by atoms with E-state index in [0.717, 1.165) is 28.6 Å². The minimum Gasteiger partial charge on any atom is -0.384 e. The van der Waals surface area contributed by atoms with Gasteiger partial charge in [-0.3, -0.25) is 0 Å². The third-order valence-corrected chi connectivity index (χ3v) is 3.79. The van der Waals surface area contributed by atoms with Gasteiger partial charge in [-0.1, -0.05) is 22.9 Å². The lowest BCUT2D eigenvalue weighted by Crippen LogP contribution is -2.23. The van der Waals surface area contributed by atoms with Crippen LogP contribution in [0.15, 0.2) is 41.0 Å². The molecule has 1 aromatic heterocycles. The average molecular weight is 338 g/mol. The highest BCUT2D eigenvalue weighted by Crippen LogP contribution is 2.27. The minimum absolute atomic E-state index is 0.0203. The molecule has 106 valence electrons. The van der Waals surface area contributed by atoms with Gasteiger partial charge in [-0.25, -0.2) is 9.37 Å². The first kappa shape index (κ1) is 14.9. The topological polar surface area (TPSA) is 50.9 Å². The van der Waals surface area contributed by atoms with Crippen LogP contribution < -0.4 is 11.1 Å². The molecule has 0 spiro atoms. The van der Waals surface area contributed by atoms with E-state index in [1.54, 1.807) is 18.3 Å². The maximum atomic E-state index is 13.5. The zero-order valence-corrected chi connectivity index (χ0v) is 12.8. The van der Waals surface area contributed by atoms with Gasteiger partial charge in [-0.15, -0.1) is 0 Å². The molecule has 0 radical (unpaired) electrons. The first-order valence-corrected chi connectivity index (χ1v) is 7.28. The van der Waals surface area contributed by atoms with Crippen molar-refractivity contribution in [2.75, 3.05) is 12.3 Å². The molecule has 1 aromatic carbocycles. The number of halogens is 2. The lowest BCUT2D eigenvalue weighted by atomic mass is 9.99. The lowest BCUT2D eigenvalue weighted by Gasteiger charge is -2.20. The second-order valence-electron chi connectivity index (χ2n) is 4.57. The van der Waals surface area contributed by atoms with Crippen molar-refractivity contribution in [3.63, 3.8) is 0 Å². The quantitative estimate of drug-likeness (QED) is 0.878. The van der Waals surface area contributed by atoms with E-state index < -0.39 is 0 Å². The van der Waals surface area contributed by atoms with Crippen molar-refractivity contribution >= 4 is 21.7 Å². The number of rotatable bonds is 5. The Labute approximate surface area is 126 Å². The molecule has 20 heavy (non-hydrogen) atoms. The molecule has 0 amide bonds. The highest BCUT2D eigenvalue weighted by molar-refractivity contribution is 9.10. The van der Waals surface area contributed by atoms with Crippen LogP contribution in [0.25, 0.3) is 0 Å². The van der Waals surface area contributed by atoms with Crippen molar-refractivity contribution < 1.29 is 4.39 Å². The van der Waals surface area contributed by atoms with Gasteiger partial charge in [0.1, 0.15) is 11.6 Å². The molecule has 1 atom stereocenters. The fourth-order valence-corrected chi connectivity index (χ4v) is 2.70. The van der Waals surface area contributed by atoms with Crippen LogP contribution in [0.3, 0.4) is 0 Å². The highest BCUT2D eigenvalue weighted by atomic mass is 79.9. The molecule has 2 rings (SSSR count). The highest BCUT2D eigenvalue weighted by Gasteiger charge is 2.15. The summed E-state index contributed by atoms with van der Waals surface area (Å²) < 4.78 is 14.4. The summed E-state index contributed by atoms with van der Waals surface area (Å²) in [6.07, 6.45) is 2.41. The Morgan fingerprint density at radius 2 is 2.15 bits per heavy atom. The molecule has 0 saturated carbocycles. The monoisotopic (exact) mass is 337 g/mol. The molecule has 0 aliphatic carbocycles. The van der Waals surface area contributed by atoms with Gasteiger partial charge in [-0.2, -0.15) is 0 Å². The van der Waals surface area contributed by atoms with Crippen LogP contribution in [0, 0.1) is 5.82 Å². The Morgan fingerprint density at radius 1 is 1.35 bits per heavy atom. The summed E-state index contributed by atoms with van der Waals surface area (Å²) in [5.41, 5.74) is 7.67. The van der Waals surface area contributed by atoms with Gasteiger partial charge >= 0.3 is 0 Å². The molecular weight excluding hydrogens is 321 g/mol. The molecule has 0 aliphatic heterocycles. The van der Waals surface area contributed by atoms with Crippen LogP contribution in [0.5, 0.6) is 0 Å². The number of hydrogen-bond donors (Lipinski definition) is 2. The standard InChI is InChI=1S/C15H17BrFN3/c1-2-19-14(7-10-5-6-20-15(18)8-10)12-9-11(17)3-4-13(12)16/h3-6,8-9,14,19H,2,7H2,1H3,(H2,18,20). The van der Waals surface area contributed by atoms with E-state index in [2.05, 4.69) is 26.2 Å². The summed E-state index contributed by atoms with van der Waals surface area (Å²) in [6.45, 7) is 2.83. The fraction of sp³-hybridized carbons (Fsp3) is 0.267. The van der Waals surface area contributed by atoms with E-state index in [9.17, 15) is 4.39 Å². The maximum absolute atomic E-state index is 13.5. The van der Waals surface area contributed by atoms with Crippen molar-refractivity contribution in [2.45, 2.75) is 19.4 Å². The van der Waals surface area contributed by atoms with Crippen LogP contribution in [-0.4, -0.2) is 11.5 Å². The van der Waals surface area contributed by atoms with Crippen molar-refractivity contribution in [1.29, 1.82) is 0 Å². The molecule has 3 nitrogen and oxygen atoms in total. The van der Waals surface area contributed by atoms with Crippen LogP contribution in [0.1, 0.15) is 24.1 Å². The van der Waals surface area contributed by atoms with Crippen molar-refractivity contribution in [1.82, 2.24) is 10.3 Å². The Morgan fingerprint density at radius 3 is 2.85 bits per heavy atom. The van der Waals surface area contributed by atoms with Crippen molar-refractivity contribution in [3.8, 4) is 0 Å². The molecule has 0 saturated heterocycles. The van der Waals surface area contributed by atoms with Crippen LogP contribution >= 0.6 is 15.9 Å². The summed E-state index contributed by atoms with van der Waals surface area (Å²) in [5.74, 6) is 0.261. The largest absolute Gasteiger partial charge is 0.384 e. The van der Waals surface area contributed by atoms with Gasteiger partial charge in [-0.05, 0) is 54.4 Å². The first-order valence-electron chi connectivity index (χ1n) is 6.49. The number of nitrogens with one attached hydrogen (secondary N) is 1. The van der Waals surface area contributed by atoms with Gasteiger partial charge in [0.15, 0.2) is 0 Å². The number of hydrogen-bond acceptors (Lipinski definition) is 3. The Balaban J connectivity index is 2.29. The number of pyridine rings is 1. The van der Waals surface area contributed by atoms with Gasteiger partial charge in [0.25, 0.3) is 0 Å². The lowest BCUT2D eigenvalue weighted by molar-refractivity contribution is 0.540. The molecule has 3 N–H and O–H groups in total. The van der Waals surface area contributed by atoms with Crippen LogP contribution in [0.4, 0.5) is 10.2 Å². The van der Waals surface area contributed by atoms with Crippen molar-refractivity contribution in [2.24, 2.45) is 0 Å². The Hall–Kier alpha value is -1.46. The van der Waals surface area contributed by atoms with Crippen LogP contribution in [-0.2, 0) is 6.42 Å². The van der Waals surface area contributed by atoms with E-state index in [-0.39, 0.29) is 11.9 Å². The van der Waals surface area contributed by atoms with E-state index in [1.165, 1.54) is 6.07 Å². The van der Waals surface area contributed by atoms with Gasteiger partial charge in [0.2, 0.25) is 0 Å². The number of benzene rings is 1. The minimum atomic E-state index is -0.236. The maximum Gasteiger partial charge on any atom is 0.123 e. The normalized spacial score (nSPS) is 12.3. The third kappa shape index (κ3) is 3.77. The number of nitrogen functional groups attached to an aromatic ring is 1. The molecular formula is C15H17BrFN3. The second kappa shape index (κ2) is 6.81. The molecule has 1 heterocycles. The zero-order chi connectivity index (χ0) is 14.5. The molecule has 0 bridgehead atoms. The predicted octanol–water partition coefficient (Wildman–Crippen LogP) is 3.46.